The summed E-state index contributed by atoms with van der Waals surface area (Å²) in [4.78, 5) is 81.9. The van der Waals surface area contributed by atoms with E-state index in [1.54, 1.807) is 20.8 Å². The van der Waals surface area contributed by atoms with Gasteiger partial charge in [0.05, 0.1) is 29.4 Å². The van der Waals surface area contributed by atoms with Gasteiger partial charge >= 0.3 is 35.6 Å². The molecule has 55 heavy (non-hydrogen) atoms. The standard InChI is InChI=1S/C41H44O14/c1-6-53-41-29(18(3)33(45)55-41)30-31-37(5,35(41)47)22-12-23(22)38(31,48)14-26-36(4)21-11-24(21)39(49)16-52-32(44)17(2)9-10-50-27(42)7-8-28(43)51-15-19-20(13-25(36)39)40(26,30)54-34(19)46/h9,21-26,48-49H,6-8,10-16H2,1-5H3/t21-,22-,23+,24+,25+,26-,36-,37-,38-,39-,40-,41-/m0/s1. The Bertz CT molecular complexity index is 2110. The first-order valence-electron chi connectivity index (χ1n) is 19.4. The van der Waals surface area contributed by atoms with Gasteiger partial charge in [-0.2, -0.15) is 0 Å². The van der Waals surface area contributed by atoms with Gasteiger partial charge in [-0.15, -0.1) is 0 Å². The van der Waals surface area contributed by atoms with Gasteiger partial charge in [0.15, 0.2) is 5.60 Å². The zero-order valence-corrected chi connectivity index (χ0v) is 31.4. The van der Waals surface area contributed by atoms with E-state index in [0.717, 1.165) is 0 Å². The molecule has 3 aliphatic heterocycles. The average Bonchev–Trinajstić information content (AvgIpc) is 4.05. The molecule has 12 atom stereocenters. The molecule has 10 aliphatic rings. The highest BCUT2D eigenvalue weighted by Gasteiger charge is 2.88. The number of hydrogen-bond donors (Lipinski definition) is 2. The number of carbonyl (C=O) groups excluding carboxylic acids is 6. The zero-order chi connectivity index (χ0) is 39.0. The Kier molecular flexibility index (Phi) is 6.81. The number of carbonyl (C=O) groups is 6. The van der Waals surface area contributed by atoms with E-state index in [4.69, 9.17) is 28.4 Å². The Morgan fingerprint density at radius 3 is 2.25 bits per heavy atom. The van der Waals surface area contributed by atoms with E-state index in [1.165, 1.54) is 13.0 Å². The molecule has 292 valence electrons. The van der Waals surface area contributed by atoms with Crippen molar-refractivity contribution in [2.45, 2.75) is 95.7 Å². The fraction of sp³-hybridized carbons (Fsp3) is 0.659. The van der Waals surface area contributed by atoms with E-state index in [9.17, 15) is 34.2 Å². The van der Waals surface area contributed by atoms with Crippen molar-refractivity contribution in [3.8, 4) is 0 Å². The lowest BCUT2D eigenvalue weighted by molar-refractivity contribution is -0.214. The second-order valence-electron chi connectivity index (χ2n) is 17.8. The molecule has 1 spiro atoms. The summed E-state index contributed by atoms with van der Waals surface area (Å²) in [5, 5.41) is 26.0. The van der Waals surface area contributed by atoms with Crippen molar-refractivity contribution >= 4 is 35.6 Å². The number of esters is 5. The van der Waals surface area contributed by atoms with Gasteiger partial charge in [-0.3, -0.25) is 14.4 Å². The van der Waals surface area contributed by atoms with Crippen LogP contribution in [-0.4, -0.2) is 94.9 Å². The summed E-state index contributed by atoms with van der Waals surface area (Å²) in [7, 11) is 0. The number of hydrogen-bond acceptors (Lipinski definition) is 14. The Morgan fingerprint density at radius 2 is 1.53 bits per heavy atom. The summed E-state index contributed by atoms with van der Waals surface area (Å²) in [6, 6.07) is 0. The quantitative estimate of drug-likeness (QED) is 0.307. The molecule has 5 saturated carbocycles. The summed E-state index contributed by atoms with van der Waals surface area (Å²) in [5.41, 5.74) is -5.30. The molecule has 0 amide bonds. The third-order valence-electron chi connectivity index (χ3n) is 15.7. The van der Waals surface area contributed by atoms with Gasteiger partial charge in [0, 0.05) is 40.7 Å². The minimum Gasteiger partial charge on any atom is -0.461 e. The summed E-state index contributed by atoms with van der Waals surface area (Å²) < 4.78 is 35.6. The molecule has 0 radical (unpaired) electrons. The molecule has 14 heteroatoms. The molecule has 2 N–H and O–H groups in total. The van der Waals surface area contributed by atoms with Crippen molar-refractivity contribution in [3.05, 3.63) is 45.1 Å². The lowest BCUT2D eigenvalue weighted by Crippen LogP contribution is -2.68. The molecule has 14 nitrogen and oxygen atoms in total. The van der Waals surface area contributed by atoms with Crippen LogP contribution in [0.25, 0.3) is 0 Å². The minimum atomic E-state index is -2.15. The van der Waals surface area contributed by atoms with Crippen LogP contribution in [0.1, 0.15) is 73.1 Å². The van der Waals surface area contributed by atoms with E-state index in [-0.39, 0.29) is 91.5 Å². The molecule has 7 aliphatic carbocycles. The summed E-state index contributed by atoms with van der Waals surface area (Å²) in [6.07, 6.45) is 2.06. The van der Waals surface area contributed by atoms with Crippen molar-refractivity contribution in [3.63, 3.8) is 0 Å². The monoisotopic (exact) mass is 760 g/mol. The Labute approximate surface area is 316 Å². The van der Waals surface area contributed by atoms with Crippen molar-refractivity contribution in [1.82, 2.24) is 0 Å². The molecule has 0 unspecified atom stereocenters. The SMILES string of the molecule is CCO[C@]12OC(=O)C(C)=C1C1=C3[C@@](C)(C2=O)[C@H]2C[C@H]2[C@@]3(O)C[C@@H]2[C@]13OC(=O)C1=C3C[C@H]3[C@](O)(COC(=O)C(C)=CCOC(=O)CCC(=O)OC1)[C@@H]1C[C@@H]1[C@]23C. The molecule has 0 aromatic rings. The van der Waals surface area contributed by atoms with Crippen LogP contribution in [0, 0.1) is 46.3 Å². The van der Waals surface area contributed by atoms with Gasteiger partial charge < -0.3 is 38.6 Å². The van der Waals surface area contributed by atoms with Gasteiger partial charge in [-0.25, -0.2) is 14.4 Å². The van der Waals surface area contributed by atoms with Crippen molar-refractivity contribution in [1.29, 1.82) is 0 Å². The normalized spacial score (nSPS) is 47.9. The number of Topliss-reactive ketones (excluding diaryl/α,β-unsaturated/α-hetero) is 1. The fourth-order valence-corrected chi connectivity index (χ4v) is 13.3. The fourth-order valence-electron chi connectivity index (χ4n) is 13.3. The highest BCUT2D eigenvalue weighted by atomic mass is 16.7. The van der Waals surface area contributed by atoms with Crippen LogP contribution in [0.15, 0.2) is 45.1 Å². The predicted molar refractivity (Wildman–Crippen MR) is 182 cm³/mol. The highest BCUT2D eigenvalue weighted by molar-refractivity contribution is 6.10. The Hall–Kier alpha value is -4.14. The maximum atomic E-state index is 15.0. The molecular weight excluding hydrogens is 716 g/mol. The summed E-state index contributed by atoms with van der Waals surface area (Å²) in [6.45, 7) is 7.50. The predicted octanol–water partition coefficient (Wildman–Crippen LogP) is 2.25. The van der Waals surface area contributed by atoms with E-state index >= 15 is 4.79 Å². The van der Waals surface area contributed by atoms with Crippen molar-refractivity contribution in [2.24, 2.45) is 46.3 Å². The Morgan fingerprint density at radius 1 is 0.818 bits per heavy atom. The second-order valence-corrected chi connectivity index (χ2v) is 17.8. The first-order valence-corrected chi connectivity index (χ1v) is 19.4. The number of aliphatic hydroxyl groups is 2. The maximum Gasteiger partial charge on any atom is 0.338 e. The molecule has 2 bridgehead atoms. The van der Waals surface area contributed by atoms with Gasteiger partial charge in [-0.1, -0.05) is 6.92 Å². The first-order chi connectivity index (χ1) is 26.0. The number of ketones is 1. The summed E-state index contributed by atoms with van der Waals surface area (Å²) >= 11 is 0. The van der Waals surface area contributed by atoms with Crippen molar-refractivity contribution < 1.29 is 67.4 Å². The third-order valence-corrected chi connectivity index (χ3v) is 15.7. The second kappa shape index (κ2) is 10.6. The average molecular weight is 761 g/mol. The van der Waals surface area contributed by atoms with Crippen LogP contribution in [0.2, 0.25) is 0 Å². The molecular formula is C41H44O14. The van der Waals surface area contributed by atoms with Crippen molar-refractivity contribution in [2.75, 3.05) is 26.4 Å². The molecule has 10 rings (SSSR count). The lowest BCUT2D eigenvalue weighted by atomic mass is 9.42. The summed E-state index contributed by atoms with van der Waals surface area (Å²) in [5.74, 6) is -8.64. The maximum absolute atomic E-state index is 15.0. The van der Waals surface area contributed by atoms with Crippen LogP contribution >= 0.6 is 0 Å². The molecule has 3 heterocycles. The van der Waals surface area contributed by atoms with Gasteiger partial charge in [0.25, 0.3) is 0 Å². The van der Waals surface area contributed by atoms with Gasteiger partial charge in [0.1, 0.15) is 25.4 Å². The minimum absolute atomic E-state index is 0.00444. The first kappa shape index (κ1) is 35.3. The lowest BCUT2D eigenvalue weighted by Gasteiger charge is -2.63. The smallest absolute Gasteiger partial charge is 0.338 e. The largest absolute Gasteiger partial charge is 0.461 e. The van der Waals surface area contributed by atoms with E-state index < -0.39 is 87.5 Å². The van der Waals surface area contributed by atoms with Crippen LogP contribution in [0.4, 0.5) is 0 Å². The number of ether oxygens (including phenoxy) is 6. The molecule has 0 aromatic carbocycles. The zero-order valence-electron chi connectivity index (χ0n) is 31.4. The Balaban J connectivity index is 1.22. The van der Waals surface area contributed by atoms with E-state index in [2.05, 4.69) is 6.92 Å². The highest BCUT2D eigenvalue weighted by Crippen LogP contribution is 2.84. The van der Waals surface area contributed by atoms with E-state index in [0.29, 0.717) is 29.6 Å². The molecule has 0 saturated heterocycles. The van der Waals surface area contributed by atoms with Crippen LogP contribution in [0.5, 0.6) is 0 Å². The van der Waals surface area contributed by atoms with Crippen LogP contribution in [0.3, 0.4) is 0 Å². The molecule has 5 fully saturated rings. The van der Waals surface area contributed by atoms with Crippen LogP contribution < -0.4 is 0 Å². The third kappa shape index (κ3) is 3.91. The molecule has 0 aromatic heterocycles. The number of cyclic esters (lactones) is 3. The number of rotatable bonds is 2. The number of fused-ring (bicyclic) bond motifs is 9. The van der Waals surface area contributed by atoms with Crippen LogP contribution in [-0.2, 0) is 57.2 Å². The van der Waals surface area contributed by atoms with Gasteiger partial charge in [-0.05, 0) is 99.7 Å². The topological polar surface area (TPSA) is 198 Å². The van der Waals surface area contributed by atoms with E-state index in [1.807, 2.05) is 0 Å². The van der Waals surface area contributed by atoms with Gasteiger partial charge in [0.2, 0.25) is 5.78 Å².